The first-order chi connectivity index (χ1) is 7.70. The number of hydrogen-bond acceptors (Lipinski definition) is 3. The molecule has 0 aromatic carbocycles. The van der Waals surface area contributed by atoms with Crippen molar-refractivity contribution in [2.24, 2.45) is 0 Å². The van der Waals surface area contributed by atoms with Gasteiger partial charge in [-0.25, -0.2) is 0 Å². The molecule has 0 aliphatic rings. The van der Waals surface area contributed by atoms with Gasteiger partial charge in [-0.2, -0.15) is 0 Å². The van der Waals surface area contributed by atoms with Gasteiger partial charge in [-0.1, -0.05) is 25.2 Å². The van der Waals surface area contributed by atoms with Gasteiger partial charge in [-0.3, -0.25) is 9.59 Å². The highest BCUT2D eigenvalue weighted by atomic mass is 16.5. The van der Waals surface area contributed by atoms with Crippen LogP contribution in [0.1, 0.15) is 26.2 Å². The van der Waals surface area contributed by atoms with E-state index in [0.29, 0.717) is 0 Å². The molecule has 0 fully saturated rings. The second-order valence-corrected chi connectivity index (χ2v) is 3.15. The van der Waals surface area contributed by atoms with E-state index in [2.05, 4.69) is 29.1 Å². The maximum Gasteiger partial charge on any atom is 0.325 e. The summed E-state index contributed by atoms with van der Waals surface area (Å²) in [6.07, 6.45) is 10.2. The summed E-state index contributed by atoms with van der Waals surface area (Å²) in [5, 5.41) is 2.42. The van der Waals surface area contributed by atoms with Gasteiger partial charge >= 0.3 is 5.97 Å². The molecule has 0 aromatic rings. The Hall–Kier alpha value is -1.58. The van der Waals surface area contributed by atoms with Gasteiger partial charge < -0.3 is 10.1 Å². The molecule has 4 heteroatoms. The van der Waals surface area contributed by atoms with Crippen molar-refractivity contribution in [1.29, 1.82) is 0 Å². The second kappa shape index (κ2) is 9.96. The Labute approximate surface area is 96.4 Å². The quantitative estimate of drug-likeness (QED) is 0.310. The zero-order valence-corrected chi connectivity index (χ0v) is 9.86. The summed E-state index contributed by atoms with van der Waals surface area (Å²) in [6, 6.07) is 0. The minimum Gasteiger partial charge on any atom is -0.468 e. The number of hydrogen-bond donors (Lipinski definition) is 1. The standard InChI is InChI=1S/C12H19NO3/c1-3-4-5-6-7-8-9-11(14)13-10-12(15)16-2/h4-5,8-9H,3,6-7,10H2,1-2H3,(H,13,14). The fourth-order valence-corrected chi connectivity index (χ4v) is 0.958. The summed E-state index contributed by atoms with van der Waals surface area (Å²) in [7, 11) is 1.28. The minimum absolute atomic E-state index is 0.0879. The molecule has 0 spiro atoms. The Bertz CT molecular complexity index is 269. The Kier molecular flexibility index (Phi) is 8.97. The maximum atomic E-state index is 11.1. The minimum atomic E-state index is -0.451. The molecule has 0 aromatic heterocycles. The van der Waals surface area contributed by atoms with Gasteiger partial charge in [-0.05, 0) is 25.3 Å². The summed E-state index contributed by atoms with van der Waals surface area (Å²) in [4.78, 5) is 21.8. The highest BCUT2D eigenvalue weighted by Crippen LogP contribution is 1.93. The SMILES string of the molecule is CCC=CCCC=CC(=O)NCC(=O)OC. The molecule has 0 saturated heterocycles. The van der Waals surface area contributed by atoms with E-state index in [-0.39, 0.29) is 12.5 Å². The zero-order valence-electron chi connectivity index (χ0n) is 9.86. The normalized spacial score (nSPS) is 10.9. The molecule has 0 aliphatic carbocycles. The maximum absolute atomic E-state index is 11.1. The first-order valence-electron chi connectivity index (χ1n) is 5.36. The number of methoxy groups -OCH3 is 1. The first-order valence-corrected chi connectivity index (χ1v) is 5.36. The average Bonchev–Trinajstić information content (AvgIpc) is 2.30. The zero-order chi connectivity index (χ0) is 12.2. The van der Waals surface area contributed by atoms with E-state index in [1.165, 1.54) is 13.2 Å². The van der Waals surface area contributed by atoms with Crippen LogP contribution in [0.4, 0.5) is 0 Å². The molecular formula is C12H19NO3. The molecule has 0 bridgehead atoms. The summed E-state index contributed by atoms with van der Waals surface area (Å²) in [5.41, 5.74) is 0. The fourth-order valence-electron chi connectivity index (χ4n) is 0.958. The predicted molar refractivity (Wildman–Crippen MR) is 62.8 cm³/mol. The smallest absolute Gasteiger partial charge is 0.325 e. The first kappa shape index (κ1) is 14.4. The Morgan fingerprint density at radius 3 is 2.50 bits per heavy atom. The van der Waals surface area contributed by atoms with Crippen molar-refractivity contribution < 1.29 is 14.3 Å². The van der Waals surface area contributed by atoms with Crippen molar-refractivity contribution in [3.05, 3.63) is 24.3 Å². The molecular weight excluding hydrogens is 206 g/mol. The predicted octanol–water partition coefficient (Wildman–Crippen LogP) is 1.58. The number of esters is 1. The number of amides is 1. The lowest BCUT2D eigenvalue weighted by Gasteiger charge is -1.99. The van der Waals surface area contributed by atoms with Crippen LogP contribution in [-0.4, -0.2) is 25.5 Å². The number of allylic oxidation sites excluding steroid dienone is 3. The number of rotatable bonds is 7. The number of nitrogens with one attached hydrogen (secondary N) is 1. The summed E-state index contributed by atoms with van der Waals surface area (Å²) >= 11 is 0. The molecule has 0 aliphatic heterocycles. The Balaban J connectivity index is 3.58. The van der Waals surface area contributed by atoms with Crippen LogP contribution in [0, 0.1) is 0 Å². The molecule has 0 unspecified atom stereocenters. The third-order valence-corrected chi connectivity index (χ3v) is 1.81. The molecule has 4 nitrogen and oxygen atoms in total. The molecule has 1 N–H and O–H groups in total. The van der Waals surface area contributed by atoms with E-state index in [1.807, 2.05) is 0 Å². The van der Waals surface area contributed by atoms with Gasteiger partial charge in [0.1, 0.15) is 6.54 Å². The average molecular weight is 225 g/mol. The topological polar surface area (TPSA) is 55.4 Å². The van der Waals surface area contributed by atoms with Crippen molar-refractivity contribution in [2.75, 3.05) is 13.7 Å². The van der Waals surface area contributed by atoms with Crippen molar-refractivity contribution in [1.82, 2.24) is 5.32 Å². The van der Waals surface area contributed by atoms with Crippen molar-refractivity contribution in [2.45, 2.75) is 26.2 Å². The Morgan fingerprint density at radius 2 is 1.88 bits per heavy atom. The van der Waals surface area contributed by atoms with Gasteiger partial charge in [0, 0.05) is 0 Å². The van der Waals surface area contributed by atoms with Crippen LogP contribution >= 0.6 is 0 Å². The van der Waals surface area contributed by atoms with Crippen LogP contribution in [0.2, 0.25) is 0 Å². The van der Waals surface area contributed by atoms with Crippen molar-refractivity contribution in [3.63, 3.8) is 0 Å². The highest BCUT2D eigenvalue weighted by molar-refractivity contribution is 5.90. The molecule has 0 rings (SSSR count). The summed E-state index contributed by atoms with van der Waals surface area (Å²) in [6.45, 7) is 1.99. The lowest BCUT2D eigenvalue weighted by Crippen LogP contribution is -2.28. The van der Waals surface area contributed by atoms with E-state index in [0.717, 1.165) is 19.3 Å². The molecule has 0 radical (unpaired) electrons. The molecule has 1 amide bonds. The second-order valence-electron chi connectivity index (χ2n) is 3.15. The fraction of sp³-hybridized carbons (Fsp3) is 0.500. The van der Waals surface area contributed by atoms with Crippen LogP contribution in [-0.2, 0) is 14.3 Å². The lowest BCUT2D eigenvalue weighted by atomic mass is 10.2. The molecule has 90 valence electrons. The summed E-state index contributed by atoms with van der Waals surface area (Å²) < 4.78 is 4.38. The van der Waals surface area contributed by atoms with Crippen molar-refractivity contribution in [3.8, 4) is 0 Å². The molecule has 0 saturated carbocycles. The van der Waals surface area contributed by atoms with Crippen molar-refractivity contribution >= 4 is 11.9 Å². The third-order valence-electron chi connectivity index (χ3n) is 1.81. The third kappa shape index (κ3) is 8.99. The Morgan fingerprint density at radius 1 is 1.19 bits per heavy atom. The van der Waals surface area contributed by atoms with Crippen LogP contribution in [0.25, 0.3) is 0 Å². The van der Waals surface area contributed by atoms with Gasteiger partial charge in [0.2, 0.25) is 5.91 Å². The van der Waals surface area contributed by atoms with E-state index < -0.39 is 5.97 Å². The number of unbranched alkanes of at least 4 members (excludes halogenated alkanes) is 1. The van der Waals surface area contributed by atoms with E-state index >= 15 is 0 Å². The molecule has 0 atom stereocenters. The number of carbonyl (C=O) groups excluding carboxylic acids is 2. The molecule has 0 heterocycles. The van der Waals surface area contributed by atoms with Gasteiger partial charge in [0.15, 0.2) is 0 Å². The monoisotopic (exact) mass is 225 g/mol. The number of carbonyl (C=O) groups is 2. The molecule has 16 heavy (non-hydrogen) atoms. The summed E-state index contributed by atoms with van der Waals surface area (Å²) in [5.74, 6) is -0.725. The van der Waals surface area contributed by atoms with Crippen LogP contribution in [0.5, 0.6) is 0 Å². The van der Waals surface area contributed by atoms with E-state index in [4.69, 9.17) is 0 Å². The van der Waals surface area contributed by atoms with Crippen LogP contribution < -0.4 is 5.32 Å². The van der Waals surface area contributed by atoms with Gasteiger partial charge in [-0.15, -0.1) is 0 Å². The van der Waals surface area contributed by atoms with E-state index in [9.17, 15) is 9.59 Å². The van der Waals surface area contributed by atoms with Gasteiger partial charge in [0.25, 0.3) is 0 Å². The largest absolute Gasteiger partial charge is 0.468 e. The van der Waals surface area contributed by atoms with E-state index in [1.54, 1.807) is 6.08 Å². The van der Waals surface area contributed by atoms with Gasteiger partial charge in [0.05, 0.1) is 7.11 Å². The lowest BCUT2D eigenvalue weighted by molar-refractivity contribution is -0.140. The van der Waals surface area contributed by atoms with Crippen LogP contribution in [0.15, 0.2) is 24.3 Å². The highest BCUT2D eigenvalue weighted by Gasteiger charge is 2.00. The van der Waals surface area contributed by atoms with Crippen LogP contribution in [0.3, 0.4) is 0 Å². The number of ether oxygens (including phenoxy) is 1.